The van der Waals surface area contributed by atoms with Gasteiger partial charge in [-0.3, -0.25) is 4.90 Å². The lowest BCUT2D eigenvalue weighted by Crippen LogP contribution is -2.53. The molecule has 0 bridgehead atoms. The number of hydrogen-bond donors (Lipinski definition) is 0. The summed E-state index contributed by atoms with van der Waals surface area (Å²) in [5.74, 6) is 0.638. The number of nitrogens with zero attached hydrogens (tertiary/aromatic N) is 4. The second-order valence-electron chi connectivity index (χ2n) is 7.84. The Morgan fingerprint density at radius 3 is 2.48 bits per heavy atom. The van der Waals surface area contributed by atoms with Gasteiger partial charge in [0, 0.05) is 20.0 Å². The van der Waals surface area contributed by atoms with Crippen LogP contribution in [0.3, 0.4) is 0 Å². The lowest BCUT2D eigenvalue weighted by molar-refractivity contribution is -0.00262. The first-order valence-corrected chi connectivity index (χ1v) is 9.48. The normalized spacial score (nSPS) is 17.2. The number of aryl methyl sites for hydroxylation is 1. The van der Waals surface area contributed by atoms with Crippen LogP contribution in [0.25, 0.3) is 0 Å². The van der Waals surface area contributed by atoms with Crippen LogP contribution in [0.5, 0.6) is 0 Å². The highest BCUT2D eigenvalue weighted by molar-refractivity contribution is 5.71. The van der Waals surface area contributed by atoms with Gasteiger partial charge in [-0.05, 0) is 26.3 Å². The SMILES string of the molecule is Cc1nnc([C@H]2CN(C(=O)OC(C)(C)C)CCN2C(=O)OCc2ccccc2)o1. The first-order chi connectivity index (χ1) is 13.7. The monoisotopic (exact) mass is 402 g/mol. The summed E-state index contributed by atoms with van der Waals surface area (Å²) in [5.41, 5.74) is 0.276. The second kappa shape index (κ2) is 8.50. The van der Waals surface area contributed by atoms with Crippen LogP contribution in [0.15, 0.2) is 34.7 Å². The first-order valence-electron chi connectivity index (χ1n) is 9.48. The van der Waals surface area contributed by atoms with E-state index in [0.29, 0.717) is 12.4 Å². The molecule has 1 aliphatic heterocycles. The van der Waals surface area contributed by atoms with Crippen LogP contribution in [-0.4, -0.2) is 57.4 Å². The molecule has 1 atom stereocenters. The van der Waals surface area contributed by atoms with Crippen LogP contribution in [-0.2, 0) is 16.1 Å². The maximum absolute atomic E-state index is 12.7. The van der Waals surface area contributed by atoms with E-state index in [1.165, 1.54) is 9.80 Å². The summed E-state index contributed by atoms with van der Waals surface area (Å²) in [6.45, 7) is 8.00. The molecule has 9 heteroatoms. The van der Waals surface area contributed by atoms with E-state index in [1.54, 1.807) is 27.7 Å². The van der Waals surface area contributed by atoms with Crippen LogP contribution >= 0.6 is 0 Å². The van der Waals surface area contributed by atoms with Crippen molar-refractivity contribution in [2.24, 2.45) is 0 Å². The topological polar surface area (TPSA) is 98.0 Å². The molecule has 3 rings (SSSR count). The molecule has 0 spiro atoms. The van der Waals surface area contributed by atoms with E-state index in [0.717, 1.165) is 5.56 Å². The summed E-state index contributed by atoms with van der Waals surface area (Å²) in [6.07, 6.45) is -0.949. The number of piperazine rings is 1. The standard InChI is InChI=1S/C20H26N4O5/c1-14-21-22-17(28-14)16-12-23(18(25)29-20(2,3)4)10-11-24(16)19(26)27-13-15-8-6-5-7-9-15/h5-9,16H,10-13H2,1-4H3/t16-/m1/s1. The van der Waals surface area contributed by atoms with E-state index in [2.05, 4.69) is 10.2 Å². The van der Waals surface area contributed by atoms with Gasteiger partial charge in [0.25, 0.3) is 0 Å². The predicted octanol–water partition coefficient (Wildman–Crippen LogP) is 3.31. The number of carbonyl (C=O) groups excluding carboxylic acids is 2. The molecule has 1 aliphatic rings. The lowest BCUT2D eigenvalue weighted by atomic mass is 10.1. The molecule has 2 heterocycles. The molecule has 0 radical (unpaired) electrons. The minimum Gasteiger partial charge on any atom is -0.445 e. The van der Waals surface area contributed by atoms with Gasteiger partial charge in [0.2, 0.25) is 11.8 Å². The van der Waals surface area contributed by atoms with Gasteiger partial charge in [-0.15, -0.1) is 10.2 Å². The van der Waals surface area contributed by atoms with Crippen molar-refractivity contribution >= 4 is 12.2 Å². The zero-order chi connectivity index (χ0) is 21.0. The maximum Gasteiger partial charge on any atom is 0.410 e. The Morgan fingerprint density at radius 1 is 1.14 bits per heavy atom. The summed E-state index contributed by atoms with van der Waals surface area (Å²) in [5, 5.41) is 7.89. The van der Waals surface area contributed by atoms with Crippen LogP contribution in [0.1, 0.15) is 44.2 Å². The fourth-order valence-corrected chi connectivity index (χ4v) is 2.95. The molecule has 1 saturated heterocycles. The Kier molecular flexibility index (Phi) is 6.05. The summed E-state index contributed by atoms with van der Waals surface area (Å²) in [6, 6.07) is 8.81. The first kappa shape index (κ1) is 20.6. The van der Waals surface area contributed by atoms with E-state index in [1.807, 2.05) is 30.3 Å². The Labute approximate surface area is 169 Å². The van der Waals surface area contributed by atoms with Gasteiger partial charge >= 0.3 is 12.2 Å². The molecule has 1 aromatic heterocycles. The summed E-state index contributed by atoms with van der Waals surface area (Å²) in [4.78, 5) is 28.3. The summed E-state index contributed by atoms with van der Waals surface area (Å²) >= 11 is 0. The van der Waals surface area contributed by atoms with E-state index in [4.69, 9.17) is 13.9 Å². The zero-order valence-corrected chi connectivity index (χ0v) is 17.1. The van der Waals surface area contributed by atoms with Gasteiger partial charge in [-0.1, -0.05) is 30.3 Å². The molecule has 0 saturated carbocycles. The van der Waals surface area contributed by atoms with Gasteiger partial charge in [0.05, 0.1) is 6.54 Å². The van der Waals surface area contributed by atoms with Gasteiger partial charge in [-0.2, -0.15) is 0 Å². The molecule has 0 unspecified atom stereocenters. The van der Waals surface area contributed by atoms with Crippen molar-refractivity contribution in [3.05, 3.63) is 47.7 Å². The largest absolute Gasteiger partial charge is 0.445 e. The van der Waals surface area contributed by atoms with E-state index < -0.39 is 23.8 Å². The van der Waals surface area contributed by atoms with Gasteiger partial charge in [0.1, 0.15) is 18.2 Å². The van der Waals surface area contributed by atoms with Crippen molar-refractivity contribution in [2.75, 3.05) is 19.6 Å². The highest BCUT2D eigenvalue weighted by atomic mass is 16.6. The highest BCUT2D eigenvalue weighted by Gasteiger charge is 2.38. The third kappa shape index (κ3) is 5.46. The quantitative estimate of drug-likeness (QED) is 0.777. The molecule has 1 fully saturated rings. The Hall–Kier alpha value is -3.10. The van der Waals surface area contributed by atoms with Crippen LogP contribution in [0.4, 0.5) is 9.59 Å². The third-order valence-corrected chi connectivity index (χ3v) is 4.30. The Balaban J connectivity index is 1.72. The molecule has 1 aromatic carbocycles. The molecule has 2 aromatic rings. The smallest absolute Gasteiger partial charge is 0.410 e. The molecule has 29 heavy (non-hydrogen) atoms. The van der Waals surface area contributed by atoms with Crippen LogP contribution in [0, 0.1) is 6.92 Å². The van der Waals surface area contributed by atoms with Gasteiger partial charge < -0.3 is 18.8 Å². The molecule has 2 amide bonds. The number of amides is 2. The predicted molar refractivity (Wildman–Crippen MR) is 103 cm³/mol. The van der Waals surface area contributed by atoms with E-state index in [-0.39, 0.29) is 25.6 Å². The third-order valence-electron chi connectivity index (χ3n) is 4.30. The van der Waals surface area contributed by atoms with Gasteiger partial charge in [0.15, 0.2) is 0 Å². The van der Waals surface area contributed by atoms with Crippen molar-refractivity contribution < 1.29 is 23.5 Å². The molecule has 0 N–H and O–H groups in total. The number of ether oxygens (including phenoxy) is 2. The lowest BCUT2D eigenvalue weighted by Gasteiger charge is -2.39. The summed E-state index contributed by atoms with van der Waals surface area (Å²) < 4.78 is 16.5. The Morgan fingerprint density at radius 2 is 1.86 bits per heavy atom. The second-order valence-corrected chi connectivity index (χ2v) is 7.84. The molecule has 0 aliphatic carbocycles. The average molecular weight is 402 g/mol. The molecule has 9 nitrogen and oxygen atoms in total. The minimum absolute atomic E-state index is 0.154. The molecular weight excluding hydrogens is 376 g/mol. The molecule has 156 valence electrons. The zero-order valence-electron chi connectivity index (χ0n) is 17.1. The van der Waals surface area contributed by atoms with Crippen molar-refractivity contribution in [2.45, 2.75) is 45.9 Å². The fourth-order valence-electron chi connectivity index (χ4n) is 2.95. The average Bonchev–Trinajstić information content (AvgIpc) is 3.11. The highest BCUT2D eigenvalue weighted by Crippen LogP contribution is 2.26. The number of benzene rings is 1. The van der Waals surface area contributed by atoms with Gasteiger partial charge in [-0.25, -0.2) is 9.59 Å². The minimum atomic E-state index is -0.612. The Bertz CT molecular complexity index is 846. The molecular formula is C20H26N4O5. The van der Waals surface area contributed by atoms with Crippen LogP contribution < -0.4 is 0 Å². The van der Waals surface area contributed by atoms with Crippen LogP contribution in [0.2, 0.25) is 0 Å². The number of aromatic nitrogens is 2. The number of carbonyl (C=O) groups is 2. The van der Waals surface area contributed by atoms with Crippen molar-refractivity contribution in [3.8, 4) is 0 Å². The van der Waals surface area contributed by atoms with Crippen molar-refractivity contribution in [3.63, 3.8) is 0 Å². The number of rotatable bonds is 3. The van der Waals surface area contributed by atoms with E-state index in [9.17, 15) is 9.59 Å². The fraction of sp³-hybridized carbons (Fsp3) is 0.500. The summed E-state index contributed by atoms with van der Waals surface area (Å²) in [7, 11) is 0. The van der Waals surface area contributed by atoms with E-state index >= 15 is 0 Å². The number of hydrogen-bond acceptors (Lipinski definition) is 7. The van der Waals surface area contributed by atoms with Crippen molar-refractivity contribution in [1.82, 2.24) is 20.0 Å². The maximum atomic E-state index is 12.7. The van der Waals surface area contributed by atoms with Crippen molar-refractivity contribution in [1.29, 1.82) is 0 Å².